The Morgan fingerprint density at radius 3 is 2.50 bits per heavy atom. The topological polar surface area (TPSA) is 71.0 Å². The van der Waals surface area contributed by atoms with Crippen molar-refractivity contribution in [2.75, 3.05) is 39.4 Å². The molecule has 6 heteroatoms. The molecule has 0 aromatic carbocycles. The predicted octanol–water partition coefficient (Wildman–Crippen LogP) is 1.76. The van der Waals surface area contributed by atoms with Gasteiger partial charge in [0.15, 0.2) is 0 Å². The molecule has 1 fully saturated rings. The number of amides is 1. The monoisotopic (exact) mass is 316 g/mol. The van der Waals surface area contributed by atoms with Crippen LogP contribution in [0.3, 0.4) is 0 Å². The first-order valence-electron chi connectivity index (χ1n) is 8.24. The maximum Gasteiger partial charge on any atom is 0.410 e. The number of hydrogen-bond donors (Lipinski definition) is 2. The first-order chi connectivity index (χ1) is 10.3. The van der Waals surface area contributed by atoms with Crippen LogP contribution < -0.4 is 5.32 Å². The highest BCUT2D eigenvalue weighted by Gasteiger charge is 2.34. The molecule has 1 aliphatic rings. The molecule has 1 saturated heterocycles. The van der Waals surface area contributed by atoms with E-state index in [4.69, 9.17) is 9.47 Å². The minimum atomic E-state index is -0.732. The summed E-state index contributed by atoms with van der Waals surface area (Å²) < 4.78 is 10.6. The van der Waals surface area contributed by atoms with Crippen molar-refractivity contribution in [3.8, 4) is 0 Å². The largest absolute Gasteiger partial charge is 0.444 e. The quantitative estimate of drug-likeness (QED) is 0.700. The van der Waals surface area contributed by atoms with Crippen molar-refractivity contribution in [2.45, 2.75) is 58.2 Å². The van der Waals surface area contributed by atoms with E-state index in [0.717, 1.165) is 26.2 Å². The average molecular weight is 316 g/mol. The van der Waals surface area contributed by atoms with Gasteiger partial charge in [-0.05, 0) is 53.5 Å². The van der Waals surface area contributed by atoms with Crippen molar-refractivity contribution in [1.29, 1.82) is 0 Å². The van der Waals surface area contributed by atoms with Crippen LogP contribution in [0, 0.1) is 0 Å². The second-order valence-corrected chi connectivity index (χ2v) is 6.92. The lowest BCUT2D eigenvalue weighted by atomic mass is 9.91. The van der Waals surface area contributed by atoms with E-state index < -0.39 is 11.2 Å². The van der Waals surface area contributed by atoms with E-state index in [9.17, 15) is 9.90 Å². The highest BCUT2D eigenvalue weighted by molar-refractivity contribution is 5.68. The Labute approximate surface area is 134 Å². The Bertz CT molecular complexity index is 334. The lowest BCUT2D eigenvalue weighted by Gasteiger charge is -2.38. The number of nitrogens with one attached hydrogen (secondary N) is 1. The van der Waals surface area contributed by atoms with Crippen molar-refractivity contribution < 1.29 is 19.4 Å². The van der Waals surface area contributed by atoms with Crippen molar-refractivity contribution >= 4 is 6.09 Å². The third-order valence-electron chi connectivity index (χ3n) is 3.65. The van der Waals surface area contributed by atoms with E-state index in [1.54, 1.807) is 4.90 Å². The fourth-order valence-corrected chi connectivity index (χ4v) is 2.37. The Hall–Kier alpha value is -0.850. The summed E-state index contributed by atoms with van der Waals surface area (Å²) in [5.74, 6) is 0. The molecule has 0 radical (unpaired) electrons. The van der Waals surface area contributed by atoms with Gasteiger partial charge in [0.05, 0.1) is 5.60 Å². The van der Waals surface area contributed by atoms with Crippen molar-refractivity contribution in [1.82, 2.24) is 10.2 Å². The molecule has 1 heterocycles. The van der Waals surface area contributed by atoms with E-state index in [1.807, 2.05) is 27.7 Å². The van der Waals surface area contributed by atoms with E-state index in [-0.39, 0.29) is 6.09 Å². The lowest BCUT2D eigenvalue weighted by molar-refractivity contribution is -0.0310. The normalized spacial score (nSPS) is 18.3. The highest BCUT2D eigenvalue weighted by Crippen LogP contribution is 2.23. The number of rotatable bonds is 7. The van der Waals surface area contributed by atoms with Gasteiger partial charge in [0, 0.05) is 32.8 Å². The van der Waals surface area contributed by atoms with Crippen LogP contribution in [0.5, 0.6) is 0 Å². The van der Waals surface area contributed by atoms with Crippen LogP contribution in [0.1, 0.15) is 47.0 Å². The summed E-state index contributed by atoms with van der Waals surface area (Å²) in [5.41, 5.74) is -1.21. The van der Waals surface area contributed by atoms with E-state index in [1.165, 1.54) is 0 Å². The summed E-state index contributed by atoms with van der Waals surface area (Å²) in [6.45, 7) is 11.5. The second-order valence-electron chi connectivity index (χ2n) is 6.92. The zero-order valence-corrected chi connectivity index (χ0v) is 14.5. The van der Waals surface area contributed by atoms with Crippen molar-refractivity contribution in [2.24, 2.45) is 0 Å². The molecule has 0 aromatic rings. The molecule has 2 N–H and O–H groups in total. The van der Waals surface area contributed by atoms with Crippen LogP contribution in [-0.2, 0) is 9.47 Å². The summed E-state index contributed by atoms with van der Waals surface area (Å²) in [6.07, 6.45) is 1.79. The molecular weight excluding hydrogens is 284 g/mol. The maximum atomic E-state index is 12.0. The number of nitrogens with zero attached hydrogens (tertiary/aromatic N) is 1. The van der Waals surface area contributed by atoms with Gasteiger partial charge in [-0.2, -0.15) is 0 Å². The second kappa shape index (κ2) is 8.70. The van der Waals surface area contributed by atoms with Crippen LogP contribution in [-0.4, -0.2) is 66.7 Å². The van der Waals surface area contributed by atoms with Gasteiger partial charge in [-0.3, -0.25) is 0 Å². The zero-order chi connectivity index (χ0) is 16.6. The molecule has 0 saturated carbocycles. The van der Waals surface area contributed by atoms with Gasteiger partial charge in [0.1, 0.15) is 5.60 Å². The Morgan fingerprint density at radius 2 is 1.95 bits per heavy atom. The van der Waals surface area contributed by atoms with Crippen LogP contribution in [0.25, 0.3) is 0 Å². The molecule has 1 amide bonds. The third-order valence-corrected chi connectivity index (χ3v) is 3.65. The van der Waals surface area contributed by atoms with Crippen LogP contribution >= 0.6 is 0 Å². The van der Waals surface area contributed by atoms with Gasteiger partial charge in [0.2, 0.25) is 0 Å². The number of aliphatic hydroxyl groups is 1. The molecule has 130 valence electrons. The molecule has 1 rings (SSSR count). The third kappa shape index (κ3) is 7.42. The molecule has 6 nitrogen and oxygen atoms in total. The van der Waals surface area contributed by atoms with Crippen molar-refractivity contribution in [3.05, 3.63) is 0 Å². The summed E-state index contributed by atoms with van der Waals surface area (Å²) in [4.78, 5) is 13.7. The first-order valence-corrected chi connectivity index (χ1v) is 8.24. The summed E-state index contributed by atoms with van der Waals surface area (Å²) in [7, 11) is 0. The van der Waals surface area contributed by atoms with E-state index in [2.05, 4.69) is 5.32 Å². The van der Waals surface area contributed by atoms with E-state index in [0.29, 0.717) is 32.5 Å². The number of ether oxygens (including phenoxy) is 2. The molecule has 0 atom stereocenters. The predicted molar refractivity (Wildman–Crippen MR) is 86.0 cm³/mol. The van der Waals surface area contributed by atoms with E-state index >= 15 is 0 Å². The molecule has 22 heavy (non-hydrogen) atoms. The Kier molecular flexibility index (Phi) is 7.59. The van der Waals surface area contributed by atoms with Gasteiger partial charge >= 0.3 is 6.09 Å². The minimum Gasteiger partial charge on any atom is -0.444 e. The van der Waals surface area contributed by atoms with Gasteiger partial charge in [-0.25, -0.2) is 4.79 Å². The lowest BCUT2D eigenvalue weighted by Crippen LogP contribution is -2.52. The average Bonchev–Trinajstić information content (AvgIpc) is 2.41. The van der Waals surface area contributed by atoms with Crippen molar-refractivity contribution in [3.63, 3.8) is 0 Å². The molecular formula is C16H32N2O4. The Morgan fingerprint density at radius 1 is 1.32 bits per heavy atom. The summed E-state index contributed by atoms with van der Waals surface area (Å²) >= 11 is 0. The summed E-state index contributed by atoms with van der Waals surface area (Å²) in [6, 6.07) is 0. The molecule has 1 aliphatic heterocycles. The SMILES string of the molecule is CCOCCCNCC1(O)CCN(C(=O)OC(C)(C)C)CC1. The fraction of sp³-hybridized carbons (Fsp3) is 0.938. The van der Waals surface area contributed by atoms with Crippen LogP contribution in [0.2, 0.25) is 0 Å². The first kappa shape index (κ1) is 19.2. The highest BCUT2D eigenvalue weighted by atomic mass is 16.6. The zero-order valence-electron chi connectivity index (χ0n) is 14.5. The van der Waals surface area contributed by atoms with Crippen LogP contribution in [0.4, 0.5) is 4.79 Å². The smallest absolute Gasteiger partial charge is 0.410 e. The number of likely N-dealkylation sites (tertiary alicyclic amines) is 1. The number of hydrogen-bond acceptors (Lipinski definition) is 5. The molecule has 0 aromatic heterocycles. The fourth-order valence-electron chi connectivity index (χ4n) is 2.37. The minimum absolute atomic E-state index is 0.292. The molecule has 0 aliphatic carbocycles. The standard InChI is InChI=1S/C16H32N2O4/c1-5-21-12-6-9-17-13-16(20)7-10-18(11-8-16)14(19)22-15(2,3)4/h17,20H,5-13H2,1-4H3. The summed E-state index contributed by atoms with van der Waals surface area (Å²) in [5, 5.41) is 13.8. The molecule has 0 spiro atoms. The maximum absolute atomic E-state index is 12.0. The van der Waals surface area contributed by atoms with Gasteiger partial charge in [0.25, 0.3) is 0 Å². The molecule has 0 bridgehead atoms. The molecule has 0 unspecified atom stereocenters. The van der Waals surface area contributed by atoms with Gasteiger partial charge in [-0.1, -0.05) is 0 Å². The Balaban J connectivity index is 2.24. The number of carbonyl (C=O) groups excluding carboxylic acids is 1. The number of piperidine rings is 1. The van der Waals surface area contributed by atoms with Gasteiger partial charge < -0.3 is 24.8 Å². The number of carbonyl (C=O) groups is 1. The van der Waals surface area contributed by atoms with Crippen LogP contribution in [0.15, 0.2) is 0 Å². The van der Waals surface area contributed by atoms with Gasteiger partial charge in [-0.15, -0.1) is 0 Å².